The van der Waals surface area contributed by atoms with Gasteiger partial charge in [0, 0.05) is 23.0 Å². The van der Waals surface area contributed by atoms with Crippen LogP contribution in [-0.4, -0.2) is 78.5 Å². The molecule has 0 spiro atoms. The summed E-state index contributed by atoms with van der Waals surface area (Å²) in [5.41, 5.74) is 11.2. The maximum Gasteiger partial charge on any atom is 0.361 e. The molecule has 15 nitrogen and oxygen atoms in total. The van der Waals surface area contributed by atoms with Crippen LogP contribution in [0.1, 0.15) is 12.6 Å². The van der Waals surface area contributed by atoms with Crippen LogP contribution in [0.4, 0.5) is 10.9 Å². The van der Waals surface area contributed by atoms with Crippen molar-refractivity contribution in [2.45, 2.75) is 29.6 Å². The summed E-state index contributed by atoms with van der Waals surface area (Å²) in [6, 6.07) is 0.542. The van der Waals surface area contributed by atoms with E-state index >= 15 is 0 Å². The van der Waals surface area contributed by atoms with E-state index in [1.807, 2.05) is 0 Å². The van der Waals surface area contributed by atoms with E-state index in [4.69, 9.17) is 21.4 Å². The van der Waals surface area contributed by atoms with Crippen LogP contribution in [0.15, 0.2) is 39.2 Å². The van der Waals surface area contributed by atoms with Crippen LogP contribution >= 0.6 is 34.9 Å². The third-order valence-corrected chi connectivity index (χ3v) is 8.67. The molecule has 1 saturated heterocycles. The number of aryl methyl sites for hydroxylation is 1. The smallest absolute Gasteiger partial charge is 0.361 e. The molecule has 1 unspecified atom stereocenters. The number of fused-ring (bicyclic) bond motifs is 1. The number of hydrogen-bond acceptors (Lipinski definition) is 14. The molecule has 4 rings (SSSR count). The van der Waals surface area contributed by atoms with Gasteiger partial charge in [0.2, 0.25) is 11.9 Å². The minimum Gasteiger partial charge on any atom is -0.543 e. The molecule has 2 aliphatic rings. The minimum absolute atomic E-state index is 0.0190. The van der Waals surface area contributed by atoms with Crippen molar-refractivity contribution in [3.63, 3.8) is 0 Å². The van der Waals surface area contributed by atoms with Gasteiger partial charge in [0.1, 0.15) is 17.1 Å². The highest BCUT2D eigenvalue weighted by Crippen LogP contribution is 2.41. The molecular formula is C21H22N8O7S3. The van der Waals surface area contributed by atoms with Gasteiger partial charge in [-0.05, 0) is 29.2 Å². The lowest BCUT2D eigenvalue weighted by Crippen LogP contribution is -2.71. The zero-order chi connectivity index (χ0) is 28.4. The predicted molar refractivity (Wildman–Crippen MR) is 139 cm³/mol. The topological polar surface area (TPSA) is 230 Å². The standard InChI is InChI=1S/C21H22N8O7S3/c1-8(18(32)33)36-27-12(10-7-38-20(23)24-10)15(30)26-13-16(31)29-14(19(34)35)9(5-37-17(13)29)6-39-21-25-11(22)3-4-28(21)2/h3-4,7-8,13,17,22H,5-6H2,1-2H3,(H5,23,24,26,30,32,33,34,35)/b27-12-/t8-,13?,17-/m1/s1. The molecule has 2 aromatic heterocycles. The van der Waals surface area contributed by atoms with Gasteiger partial charge in [-0.25, -0.2) is 14.3 Å². The van der Waals surface area contributed by atoms with E-state index < -0.39 is 47.0 Å². The average molecular weight is 595 g/mol. The number of hydrogen-bond donors (Lipinski definition) is 4. The fraction of sp³-hybridized carbons (Fsp3) is 0.333. The van der Waals surface area contributed by atoms with Gasteiger partial charge >= 0.3 is 11.1 Å². The molecular weight excluding hydrogens is 572 g/mol. The normalized spacial score (nSPS) is 19.7. The van der Waals surface area contributed by atoms with Gasteiger partial charge in [0.15, 0.2) is 10.8 Å². The molecule has 3 atom stereocenters. The number of nitrogens with two attached hydrogens (primary N) is 2. The second-order valence-electron chi connectivity index (χ2n) is 8.23. The summed E-state index contributed by atoms with van der Waals surface area (Å²) in [5.74, 6) is -3.58. The van der Waals surface area contributed by atoms with Crippen LogP contribution in [0.25, 0.3) is 0 Å². The Hall–Kier alpha value is -3.90. The summed E-state index contributed by atoms with van der Waals surface area (Å²) in [6.07, 6.45) is 0.358. The van der Waals surface area contributed by atoms with E-state index in [0.717, 1.165) is 16.2 Å². The SMILES string of the molecule is C[C@@H](O/N=C(\C(=O)NC1C(=O)N2C(C(=O)[O-])=C(CSc3nc(N)cc[n+]3C)CS[C@H]12)c1csc(N)n1)C(=O)O. The quantitative estimate of drug-likeness (QED) is 0.0578. The number of carbonyl (C=O) groups is 4. The van der Waals surface area contributed by atoms with Gasteiger partial charge in [0.25, 0.3) is 11.8 Å². The highest BCUT2D eigenvalue weighted by Gasteiger charge is 2.53. The monoisotopic (exact) mass is 594 g/mol. The number of carboxylic acids is 2. The lowest BCUT2D eigenvalue weighted by Gasteiger charge is -2.50. The summed E-state index contributed by atoms with van der Waals surface area (Å²) in [6.45, 7) is 1.22. The van der Waals surface area contributed by atoms with Crippen molar-refractivity contribution in [3.8, 4) is 0 Å². The molecule has 0 saturated carbocycles. The number of rotatable bonds is 10. The van der Waals surface area contributed by atoms with Gasteiger partial charge in [-0.15, -0.1) is 23.1 Å². The first-order valence-corrected chi connectivity index (χ1v) is 14.0. The summed E-state index contributed by atoms with van der Waals surface area (Å²) < 4.78 is 1.73. The van der Waals surface area contributed by atoms with Crippen LogP contribution in [-0.2, 0) is 31.1 Å². The number of thioether (sulfide) groups is 2. The Labute approximate surface area is 233 Å². The number of nitrogens with one attached hydrogen (secondary N) is 1. The first-order valence-electron chi connectivity index (χ1n) is 11.1. The lowest BCUT2D eigenvalue weighted by atomic mass is 10.0. The molecule has 206 valence electrons. The lowest BCUT2D eigenvalue weighted by molar-refractivity contribution is -0.713. The van der Waals surface area contributed by atoms with Gasteiger partial charge in [0.05, 0.1) is 24.9 Å². The van der Waals surface area contributed by atoms with Crippen molar-refractivity contribution in [1.29, 1.82) is 0 Å². The largest absolute Gasteiger partial charge is 0.543 e. The second-order valence-corrected chi connectivity index (χ2v) is 11.2. The van der Waals surface area contributed by atoms with Crippen LogP contribution in [0, 0.1) is 0 Å². The van der Waals surface area contributed by atoms with Gasteiger partial charge in [-0.3, -0.25) is 14.5 Å². The van der Waals surface area contributed by atoms with Crippen LogP contribution in [0.5, 0.6) is 0 Å². The molecule has 4 heterocycles. The maximum absolute atomic E-state index is 13.1. The predicted octanol–water partition coefficient (Wildman–Crippen LogP) is -2.08. The van der Waals surface area contributed by atoms with Crippen molar-refractivity contribution < 1.29 is 38.8 Å². The second kappa shape index (κ2) is 11.5. The summed E-state index contributed by atoms with van der Waals surface area (Å²) in [5, 5.41) is 28.6. The van der Waals surface area contributed by atoms with Crippen LogP contribution in [0.3, 0.4) is 0 Å². The summed E-state index contributed by atoms with van der Waals surface area (Å²) in [4.78, 5) is 63.4. The number of carbonyl (C=O) groups excluding carboxylic acids is 3. The Morgan fingerprint density at radius 1 is 1.41 bits per heavy atom. The van der Waals surface area contributed by atoms with Crippen molar-refractivity contribution in [2.75, 3.05) is 23.0 Å². The Bertz CT molecular complexity index is 1410. The average Bonchev–Trinajstić information content (AvgIpc) is 3.32. The molecule has 0 aliphatic carbocycles. The third-order valence-electron chi connectivity index (χ3n) is 5.53. The van der Waals surface area contributed by atoms with Gasteiger partial charge in [-0.2, -0.15) is 0 Å². The minimum atomic E-state index is -1.52. The number of nitrogens with zero attached hydrogens (tertiary/aromatic N) is 5. The van der Waals surface area contributed by atoms with E-state index in [1.165, 1.54) is 35.8 Å². The van der Waals surface area contributed by atoms with E-state index in [-0.39, 0.29) is 28.0 Å². The molecule has 0 bridgehead atoms. The summed E-state index contributed by atoms with van der Waals surface area (Å²) >= 11 is 3.54. The third kappa shape index (κ3) is 5.91. The molecule has 0 aromatic carbocycles. The zero-order valence-electron chi connectivity index (χ0n) is 20.4. The number of carboxylic acid groups (broad SMARTS) is 2. The first kappa shape index (κ1) is 28.1. The van der Waals surface area contributed by atoms with E-state index in [1.54, 1.807) is 23.9 Å². The van der Waals surface area contributed by atoms with Crippen molar-refractivity contribution >= 4 is 75.3 Å². The van der Waals surface area contributed by atoms with Crippen molar-refractivity contribution in [3.05, 3.63) is 34.6 Å². The molecule has 18 heteroatoms. The fourth-order valence-corrected chi connectivity index (χ4v) is 6.53. The number of anilines is 2. The number of aromatic nitrogens is 3. The Morgan fingerprint density at radius 3 is 2.79 bits per heavy atom. The van der Waals surface area contributed by atoms with Gasteiger partial charge < -0.3 is 36.6 Å². The number of amides is 2. The number of thiazole rings is 1. The van der Waals surface area contributed by atoms with E-state index in [9.17, 15) is 24.3 Å². The van der Waals surface area contributed by atoms with Gasteiger partial charge in [-0.1, -0.05) is 5.16 Å². The highest BCUT2D eigenvalue weighted by molar-refractivity contribution is 8.01. The first-order chi connectivity index (χ1) is 18.5. The van der Waals surface area contributed by atoms with Crippen molar-refractivity contribution in [2.24, 2.45) is 12.2 Å². The molecule has 6 N–H and O–H groups in total. The van der Waals surface area contributed by atoms with Crippen LogP contribution in [0.2, 0.25) is 0 Å². The Morgan fingerprint density at radius 2 is 2.15 bits per heavy atom. The number of β-lactam (4-membered cyclic amide) rings is 1. The number of nitrogen functional groups attached to an aromatic ring is 2. The van der Waals surface area contributed by atoms with E-state index in [2.05, 4.69) is 20.4 Å². The maximum atomic E-state index is 13.1. The molecule has 0 radical (unpaired) electrons. The number of aliphatic carboxylic acids is 2. The summed E-state index contributed by atoms with van der Waals surface area (Å²) in [7, 11) is 1.77. The molecule has 39 heavy (non-hydrogen) atoms. The zero-order valence-corrected chi connectivity index (χ0v) is 22.8. The molecule has 2 aromatic rings. The van der Waals surface area contributed by atoms with Crippen LogP contribution < -0.4 is 26.5 Å². The Balaban J connectivity index is 1.51. The fourth-order valence-electron chi connectivity index (χ4n) is 3.53. The van der Waals surface area contributed by atoms with Crippen molar-refractivity contribution in [1.82, 2.24) is 20.2 Å². The highest BCUT2D eigenvalue weighted by atomic mass is 32.2. The Kier molecular flexibility index (Phi) is 8.26. The molecule has 2 amide bonds. The van der Waals surface area contributed by atoms with E-state index in [0.29, 0.717) is 16.5 Å². The number of oxime groups is 1. The molecule has 1 fully saturated rings. The molecule has 2 aliphatic heterocycles.